The van der Waals surface area contributed by atoms with E-state index in [1.165, 1.54) is 0 Å². The Morgan fingerprint density at radius 1 is 1.44 bits per heavy atom. The Kier molecular flexibility index (Phi) is 4.57. The normalized spacial score (nSPS) is 24.1. The van der Waals surface area contributed by atoms with Crippen LogP contribution < -0.4 is 0 Å². The Balaban J connectivity index is 2.16. The van der Waals surface area contributed by atoms with Gasteiger partial charge in [0.15, 0.2) is 0 Å². The lowest BCUT2D eigenvalue weighted by molar-refractivity contribution is 0.0687. The van der Waals surface area contributed by atoms with Crippen molar-refractivity contribution >= 4 is 45.0 Å². The summed E-state index contributed by atoms with van der Waals surface area (Å²) < 4.78 is 0.818. The van der Waals surface area contributed by atoms with Gasteiger partial charge in [-0.25, -0.2) is 0 Å². The molecule has 0 spiro atoms. The number of nitrogens with zero attached hydrogens (tertiary/aromatic N) is 1. The molecule has 0 aromatic heterocycles. The van der Waals surface area contributed by atoms with E-state index in [4.69, 9.17) is 23.2 Å². The number of carbonyl (C=O) groups is 1. The number of carbonyl (C=O) groups excluding carboxylic acids is 1. The van der Waals surface area contributed by atoms with Gasteiger partial charge >= 0.3 is 0 Å². The number of likely N-dealkylation sites (tertiary alicyclic amines) is 1. The number of hydrogen-bond donors (Lipinski definition) is 0. The van der Waals surface area contributed by atoms with Crippen LogP contribution in [0.15, 0.2) is 22.7 Å². The summed E-state index contributed by atoms with van der Waals surface area (Å²) >= 11 is 15.5. The molecule has 1 heterocycles. The van der Waals surface area contributed by atoms with E-state index in [9.17, 15) is 4.79 Å². The van der Waals surface area contributed by atoms with Gasteiger partial charge < -0.3 is 4.90 Å². The molecule has 98 valence electrons. The maximum absolute atomic E-state index is 12.4. The third kappa shape index (κ3) is 3.19. The average Bonchev–Trinajstić information content (AvgIpc) is 2.30. The predicted octanol–water partition coefficient (Wildman–Crippen LogP) is 4.19. The minimum Gasteiger partial charge on any atom is -0.338 e. The van der Waals surface area contributed by atoms with E-state index in [1.807, 2.05) is 4.90 Å². The summed E-state index contributed by atoms with van der Waals surface area (Å²) in [6.07, 6.45) is 0.843. The van der Waals surface area contributed by atoms with Crippen LogP contribution in [0.1, 0.15) is 23.7 Å². The summed E-state index contributed by atoms with van der Waals surface area (Å²) in [4.78, 5) is 14.2. The number of amides is 1. The van der Waals surface area contributed by atoms with E-state index in [2.05, 4.69) is 22.9 Å². The van der Waals surface area contributed by atoms with Crippen molar-refractivity contribution in [2.75, 3.05) is 13.1 Å². The highest BCUT2D eigenvalue weighted by Gasteiger charge is 2.27. The van der Waals surface area contributed by atoms with Crippen molar-refractivity contribution in [2.24, 2.45) is 5.92 Å². The highest BCUT2D eigenvalue weighted by atomic mass is 79.9. The van der Waals surface area contributed by atoms with Crippen molar-refractivity contribution in [1.82, 2.24) is 4.90 Å². The molecule has 0 N–H and O–H groups in total. The summed E-state index contributed by atoms with van der Waals surface area (Å²) in [6.45, 7) is 3.49. The fraction of sp³-hybridized carbons (Fsp3) is 0.462. The third-order valence-electron chi connectivity index (χ3n) is 3.20. The summed E-state index contributed by atoms with van der Waals surface area (Å²) in [6, 6.07) is 5.27. The van der Waals surface area contributed by atoms with E-state index < -0.39 is 0 Å². The summed E-state index contributed by atoms with van der Waals surface area (Å²) in [5.74, 6) is 0.348. The SMILES string of the molecule is CC1CN(C(=O)c2cc(Cl)cc(Br)c2)CCC1Cl. The maximum Gasteiger partial charge on any atom is 0.253 e. The molecule has 2 nitrogen and oxygen atoms in total. The maximum atomic E-state index is 12.4. The number of halogens is 3. The second-order valence-electron chi connectivity index (χ2n) is 4.69. The van der Waals surface area contributed by atoms with Gasteiger partial charge in [0.1, 0.15) is 0 Å². The number of benzene rings is 1. The van der Waals surface area contributed by atoms with Crippen molar-refractivity contribution in [3.63, 3.8) is 0 Å². The summed E-state index contributed by atoms with van der Waals surface area (Å²) in [5.41, 5.74) is 0.620. The second-order valence-corrected chi connectivity index (χ2v) is 6.60. The van der Waals surface area contributed by atoms with Crippen molar-refractivity contribution in [1.29, 1.82) is 0 Å². The van der Waals surface area contributed by atoms with Crippen LogP contribution in [0.4, 0.5) is 0 Å². The van der Waals surface area contributed by atoms with E-state index in [1.54, 1.807) is 18.2 Å². The second kappa shape index (κ2) is 5.81. The summed E-state index contributed by atoms with van der Waals surface area (Å²) in [5, 5.41) is 0.730. The van der Waals surface area contributed by atoms with Gasteiger partial charge in [0.2, 0.25) is 0 Å². The minimum absolute atomic E-state index is 0.0219. The van der Waals surface area contributed by atoms with Crippen LogP contribution in [0.5, 0.6) is 0 Å². The van der Waals surface area contributed by atoms with Crippen LogP contribution in [0.2, 0.25) is 5.02 Å². The molecule has 2 rings (SSSR count). The molecule has 0 saturated carbocycles. The predicted molar refractivity (Wildman–Crippen MR) is 78.5 cm³/mol. The van der Waals surface area contributed by atoms with Crippen molar-refractivity contribution < 1.29 is 4.79 Å². The van der Waals surface area contributed by atoms with Crippen molar-refractivity contribution in [3.8, 4) is 0 Å². The molecule has 1 aromatic rings. The minimum atomic E-state index is 0.0219. The van der Waals surface area contributed by atoms with E-state index >= 15 is 0 Å². The van der Waals surface area contributed by atoms with Gasteiger partial charge in [-0.1, -0.05) is 34.5 Å². The molecular formula is C13H14BrCl2NO. The topological polar surface area (TPSA) is 20.3 Å². The Morgan fingerprint density at radius 3 is 2.78 bits per heavy atom. The van der Waals surface area contributed by atoms with Crippen molar-refractivity contribution in [3.05, 3.63) is 33.3 Å². The monoisotopic (exact) mass is 349 g/mol. The number of rotatable bonds is 1. The molecule has 0 bridgehead atoms. The molecule has 0 aliphatic carbocycles. The Labute approximate surface area is 125 Å². The van der Waals surface area contributed by atoms with Gasteiger partial charge in [-0.2, -0.15) is 0 Å². The molecule has 1 aromatic carbocycles. The lowest BCUT2D eigenvalue weighted by Gasteiger charge is -2.34. The first-order chi connectivity index (χ1) is 8.47. The van der Waals surface area contributed by atoms with Gasteiger partial charge in [-0.3, -0.25) is 4.79 Å². The number of piperidine rings is 1. The fourth-order valence-corrected chi connectivity index (χ4v) is 3.20. The molecule has 2 unspecified atom stereocenters. The molecule has 2 atom stereocenters. The Bertz CT molecular complexity index is 446. The zero-order chi connectivity index (χ0) is 13.3. The first-order valence-electron chi connectivity index (χ1n) is 5.87. The Morgan fingerprint density at radius 2 is 2.17 bits per heavy atom. The molecule has 1 aliphatic rings. The molecule has 0 radical (unpaired) electrons. The molecule has 1 fully saturated rings. The first-order valence-corrected chi connectivity index (χ1v) is 7.47. The summed E-state index contributed by atoms with van der Waals surface area (Å²) in [7, 11) is 0. The zero-order valence-electron chi connectivity index (χ0n) is 10.00. The van der Waals surface area contributed by atoms with Crippen LogP contribution in [0.3, 0.4) is 0 Å². The third-order valence-corrected chi connectivity index (χ3v) is 4.52. The molecule has 18 heavy (non-hydrogen) atoms. The van der Waals surface area contributed by atoms with Crippen LogP contribution in [-0.4, -0.2) is 29.3 Å². The van der Waals surface area contributed by atoms with Crippen molar-refractivity contribution in [2.45, 2.75) is 18.7 Å². The smallest absolute Gasteiger partial charge is 0.253 e. The highest BCUT2D eigenvalue weighted by Crippen LogP contribution is 2.25. The van der Waals surface area contributed by atoms with E-state index in [0.717, 1.165) is 10.9 Å². The number of alkyl halides is 1. The zero-order valence-corrected chi connectivity index (χ0v) is 13.1. The lowest BCUT2D eigenvalue weighted by Crippen LogP contribution is -2.43. The lowest BCUT2D eigenvalue weighted by atomic mass is 9.99. The van der Waals surface area contributed by atoms with Crippen LogP contribution in [0.25, 0.3) is 0 Å². The molecular weight excluding hydrogens is 337 g/mol. The quantitative estimate of drug-likeness (QED) is 0.695. The molecule has 1 aliphatic heterocycles. The molecule has 1 saturated heterocycles. The van der Waals surface area contributed by atoms with Crippen LogP contribution in [-0.2, 0) is 0 Å². The largest absolute Gasteiger partial charge is 0.338 e. The number of hydrogen-bond acceptors (Lipinski definition) is 1. The van der Waals surface area contributed by atoms with Crippen LogP contribution >= 0.6 is 39.1 Å². The van der Waals surface area contributed by atoms with Gasteiger partial charge in [0, 0.05) is 33.5 Å². The molecule has 1 amide bonds. The average molecular weight is 351 g/mol. The highest BCUT2D eigenvalue weighted by molar-refractivity contribution is 9.10. The molecule has 5 heteroatoms. The van der Waals surface area contributed by atoms with Crippen LogP contribution in [0, 0.1) is 5.92 Å². The fourth-order valence-electron chi connectivity index (χ4n) is 2.16. The van der Waals surface area contributed by atoms with E-state index in [-0.39, 0.29) is 11.3 Å². The standard InChI is InChI=1S/C13H14BrCl2NO/c1-8-7-17(3-2-12(8)16)13(18)9-4-10(14)6-11(15)5-9/h4-6,8,12H,2-3,7H2,1H3. The first kappa shape index (κ1) is 14.2. The van der Waals surface area contributed by atoms with E-state index in [0.29, 0.717) is 29.6 Å². The van der Waals surface area contributed by atoms with Gasteiger partial charge in [0.25, 0.3) is 5.91 Å². The van der Waals surface area contributed by atoms with Gasteiger partial charge in [-0.05, 0) is 30.5 Å². The Hall–Kier alpha value is -0.250. The van der Waals surface area contributed by atoms with Gasteiger partial charge in [0.05, 0.1) is 0 Å². The van der Waals surface area contributed by atoms with Gasteiger partial charge in [-0.15, -0.1) is 11.6 Å².